The van der Waals surface area contributed by atoms with Crippen LogP contribution in [-0.2, 0) is 6.54 Å². The van der Waals surface area contributed by atoms with Crippen LogP contribution >= 0.6 is 23.2 Å². The number of likely N-dealkylation sites (tertiary alicyclic amines) is 1. The molecule has 2 N–H and O–H groups in total. The molecule has 16 heavy (non-hydrogen) atoms. The molecular formula is C10H12Cl2N2O2. The lowest BCUT2D eigenvalue weighted by atomic mass is 10.2. The molecule has 0 bridgehead atoms. The largest absolute Gasteiger partial charge is 0.389 e. The first kappa shape index (κ1) is 12.1. The highest BCUT2D eigenvalue weighted by Crippen LogP contribution is 2.22. The lowest BCUT2D eigenvalue weighted by Gasteiger charge is -2.15. The summed E-state index contributed by atoms with van der Waals surface area (Å²) < 4.78 is 0. The third-order valence-corrected chi connectivity index (χ3v) is 3.18. The molecule has 0 aromatic carbocycles. The number of nitrogens with zero attached hydrogens (tertiary/aromatic N) is 2. The molecule has 1 aromatic rings. The number of aliphatic hydroxyl groups excluding tert-OH is 2. The zero-order valence-corrected chi connectivity index (χ0v) is 9.99. The van der Waals surface area contributed by atoms with Crippen molar-refractivity contribution < 1.29 is 10.2 Å². The summed E-state index contributed by atoms with van der Waals surface area (Å²) >= 11 is 11.7. The molecule has 1 saturated heterocycles. The molecule has 0 amide bonds. The Morgan fingerprint density at radius 2 is 1.94 bits per heavy atom. The number of halogens is 2. The molecule has 0 saturated carbocycles. The maximum atomic E-state index is 9.40. The molecule has 1 aliphatic rings. The number of hydrogen-bond acceptors (Lipinski definition) is 4. The van der Waals surface area contributed by atoms with Crippen LogP contribution in [0.4, 0.5) is 0 Å². The number of rotatable bonds is 2. The van der Waals surface area contributed by atoms with E-state index in [2.05, 4.69) is 4.98 Å². The molecule has 1 aromatic heterocycles. The molecule has 0 spiro atoms. The van der Waals surface area contributed by atoms with E-state index in [0.29, 0.717) is 29.8 Å². The minimum Gasteiger partial charge on any atom is -0.389 e. The smallest absolute Gasteiger partial charge is 0.130 e. The van der Waals surface area contributed by atoms with Gasteiger partial charge in [0.25, 0.3) is 0 Å². The van der Waals surface area contributed by atoms with Gasteiger partial charge in [-0.15, -0.1) is 0 Å². The molecule has 1 fully saturated rings. The Morgan fingerprint density at radius 3 is 2.50 bits per heavy atom. The van der Waals surface area contributed by atoms with Gasteiger partial charge in [-0.1, -0.05) is 23.2 Å². The van der Waals surface area contributed by atoms with E-state index in [1.807, 2.05) is 4.90 Å². The Labute approximate surface area is 103 Å². The topological polar surface area (TPSA) is 56.6 Å². The monoisotopic (exact) mass is 262 g/mol. The van der Waals surface area contributed by atoms with Crippen molar-refractivity contribution in [3.8, 4) is 0 Å². The van der Waals surface area contributed by atoms with Crippen molar-refractivity contribution in [1.82, 2.24) is 9.88 Å². The summed E-state index contributed by atoms with van der Waals surface area (Å²) in [4.78, 5) is 5.87. The van der Waals surface area contributed by atoms with E-state index in [0.717, 1.165) is 5.56 Å². The SMILES string of the molecule is OC1CN(Cc2cnc(Cl)cc2Cl)CC1O. The third kappa shape index (κ3) is 2.64. The minimum atomic E-state index is -0.681. The van der Waals surface area contributed by atoms with Crippen molar-refractivity contribution in [2.45, 2.75) is 18.8 Å². The van der Waals surface area contributed by atoms with Crippen LogP contribution in [0.5, 0.6) is 0 Å². The zero-order chi connectivity index (χ0) is 11.7. The molecule has 4 nitrogen and oxygen atoms in total. The first-order valence-electron chi connectivity index (χ1n) is 4.94. The van der Waals surface area contributed by atoms with Crippen molar-refractivity contribution >= 4 is 23.2 Å². The van der Waals surface area contributed by atoms with Crippen LogP contribution in [0.25, 0.3) is 0 Å². The van der Waals surface area contributed by atoms with Crippen molar-refractivity contribution in [2.75, 3.05) is 13.1 Å². The van der Waals surface area contributed by atoms with Gasteiger partial charge in [0.2, 0.25) is 0 Å². The van der Waals surface area contributed by atoms with Crippen molar-refractivity contribution in [2.24, 2.45) is 0 Å². The van der Waals surface area contributed by atoms with Crippen LogP contribution in [0.3, 0.4) is 0 Å². The summed E-state index contributed by atoms with van der Waals surface area (Å²) in [7, 11) is 0. The van der Waals surface area contributed by atoms with Crippen molar-refractivity contribution in [3.63, 3.8) is 0 Å². The highest BCUT2D eigenvalue weighted by molar-refractivity contribution is 6.34. The quantitative estimate of drug-likeness (QED) is 0.779. The lowest BCUT2D eigenvalue weighted by molar-refractivity contribution is 0.0572. The summed E-state index contributed by atoms with van der Waals surface area (Å²) in [6.07, 6.45) is 0.250. The van der Waals surface area contributed by atoms with Crippen LogP contribution in [0.15, 0.2) is 12.3 Å². The van der Waals surface area contributed by atoms with Crippen LogP contribution < -0.4 is 0 Å². The second-order valence-electron chi connectivity index (χ2n) is 3.93. The molecule has 2 rings (SSSR count). The second kappa shape index (κ2) is 4.85. The fraction of sp³-hybridized carbons (Fsp3) is 0.500. The van der Waals surface area contributed by atoms with E-state index in [1.165, 1.54) is 0 Å². The molecule has 1 aliphatic heterocycles. The Bertz CT molecular complexity index is 379. The van der Waals surface area contributed by atoms with Crippen LogP contribution in [0, 0.1) is 0 Å². The summed E-state index contributed by atoms with van der Waals surface area (Å²) in [5.41, 5.74) is 0.840. The summed E-state index contributed by atoms with van der Waals surface area (Å²) in [5, 5.41) is 19.7. The van der Waals surface area contributed by atoms with Crippen LogP contribution in [-0.4, -0.2) is 45.4 Å². The van der Waals surface area contributed by atoms with Gasteiger partial charge in [-0.2, -0.15) is 0 Å². The highest BCUT2D eigenvalue weighted by atomic mass is 35.5. The number of aliphatic hydroxyl groups is 2. The maximum Gasteiger partial charge on any atom is 0.130 e. The summed E-state index contributed by atoms with van der Waals surface area (Å²) in [6.45, 7) is 1.44. The number of hydrogen-bond donors (Lipinski definition) is 2. The van der Waals surface area contributed by atoms with Gasteiger partial charge >= 0.3 is 0 Å². The molecule has 2 atom stereocenters. The fourth-order valence-electron chi connectivity index (χ4n) is 1.77. The van der Waals surface area contributed by atoms with Crippen LogP contribution in [0.1, 0.15) is 5.56 Å². The van der Waals surface area contributed by atoms with E-state index < -0.39 is 12.2 Å². The normalized spacial score (nSPS) is 26.2. The standard InChI is InChI=1S/C10H12Cl2N2O2/c11-7-1-10(12)13-2-6(7)3-14-4-8(15)9(16)5-14/h1-2,8-9,15-16H,3-5H2. The average molecular weight is 263 g/mol. The predicted octanol–water partition coefficient (Wildman–Crippen LogP) is 0.926. The highest BCUT2D eigenvalue weighted by Gasteiger charge is 2.29. The molecule has 0 aliphatic carbocycles. The predicted molar refractivity (Wildman–Crippen MR) is 61.5 cm³/mol. The fourth-order valence-corrected chi connectivity index (χ4v) is 2.19. The third-order valence-electron chi connectivity index (χ3n) is 2.62. The van der Waals surface area contributed by atoms with E-state index in [-0.39, 0.29) is 0 Å². The van der Waals surface area contributed by atoms with Crippen LogP contribution in [0.2, 0.25) is 10.2 Å². The van der Waals surface area contributed by atoms with Gasteiger partial charge in [-0.3, -0.25) is 4.90 Å². The van der Waals surface area contributed by atoms with Gasteiger partial charge < -0.3 is 10.2 Å². The minimum absolute atomic E-state index is 0.357. The molecular weight excluding hydrogens is 251 g/mol. The van der Waals surface area contributed by atoms with Gasteiger partial charge in [-0.05, 0) is 6.07 Å². The zero-order valence-electron chi connectivity index (χ0n) is 8.48. The van der Waals surface area contributed by atoms with E-state index in [1.54, 1.807) is 12.3 Å². The maximum absolute atomic E-state index is 9.40. The Morgan fingerprint density at radius 1 is 1.31 bits per heavy atom. The van der Waals surface area contributed by atoms with Gasteiger partial charge in [0.15, 0.2) is 0 Å². The van der Waals surface area contributed by atoms with E-state index in [9.17, 15) is 10.2 Å². The molecule has 2 heterocycles. The number of pyridine rings is 1. The average Bonchev–Trinajstić information content (AvgIpc) is 2.51. The first-order valence-corrected chi connectivity index (χ1v) is 5.70. The number of aromatic nitrogens is 1. The Hall–Kier alpha value is -0.390. The van der Waals surface area contributed by atoms with E-state index >= 15 is 0 Å². The summed E-state index contributed by atoms with van der Waals surface area (Å²) in [5.74, 6) is 0. The second-order valence-corrected chi connectivity index (χ2v) is 4.72. The van der Waals surface area contributed by atoms with Gasteiger partial charge in [-0.25, -0.2) is 4.98 Å². The molecule has 0 radical (unpaired) electrons. The van der Waals surface area contributed by atoms with Gasteiger partial charge in [0, 0.05) is 36.4 Å². The molecule has 6 heteroatoms. The molecule has 88 valence electrons. The van der Waals surface area contributed by atoms with Crippen molar-refractivity contribution in [3.05, 3.63) is 28.0 Å². The molecule has 2 unspecified atom stereocenters. The van der Waals surface area contributed by atoms with Gasteiger partial charge in [0.05, 0.1) is 12.2 Å². The first-order chi connectivity index (χ1) is 7.56. The Balaban J connectivity index is 2.05. The summed E-state index contributed by atoms with van der Waals surface area (Å²) in [6, 6.07) is 1.58. The number of β-amino-alcohol motifs (C(OH)–C–C–N with tert-alkyl or cyclic N) is 2. The lowest BCUT2D eigenvalue weighted by Crippen LogP contribution is -2.22. The van der Waals surface area contributed by atoms with Crippen molar-refractivity contribution in [1.29, 1.82) is 0 Å². The Kier molecular flexibility index (Phi) is 3.66. The van der Waals surface area contributed by atoms with E-state index in [4.69, 9.17) is 23.2 Å². The van der Waals surface area contributed by atoms with Gasteiger partial charge in [0.1, 0.15) is 5.15 Å².